The number of methoxy groups -OCH3 is 1. The van der Waals surface area contributed by atoms with Gasteiger partial charge in [-0.05, 0) is 37.0 Å². The summed E-state index contributed by atoms with van der Waals surface area (Å²) in [6.45, 7) is 6.57. The zero-order valence-electron chi connectivity index (χ0n) is 25.2. The first-order valence-corrected chi connectivity index (χ1v) is 15.0. The maximum atomic E-state index is 13.6. The molecule has 4 rings (SSSR count). The number of fused-ring (bicyclic) bond motifs is 1. The van der Waals surface area contributed by atoms with E-state index in [1.807, 2.05) is 9.80 Å². The van der Waals surface area contributed by atoms with Gasteiger partial charge in [0.25, 0.3) is 0 Å². The molecule has 0 spiro atoms. The zero-order chi connectivity index (χ0) is 30.4. The Morgan fingerprint density at radius 2 is 1.83 bits per heavy atom. The molecule has 1 N–H and O–H groups in total. The molecule has 3 aliphatic rings. The van der Waals surface area contributed by atoms with Crippen LogP contribution in [0, 0.1) is 5.92 Å². The number of hydrogen-bond donors (Lipinski definition) is 1. The normalized spacial score (nSPS) is 22.1. The number of hydrogen-bond acceptors (Lipinski definition) is 8. The number of carbonyl (C=O) groups is 4. The predicted octanol–water partition coefficient (Wildman–Crippen LogP) is 3.00. The molecular formula is C30H44N4O8. The molecule has 2 fully saturated rings. The fraction of sp³-hybridized carbons (Fsp3) is 0.667. The van der Waals surface area contributed by atoms with Gasteiger partial charge < -0.3 is 29.1 Å². The van der Waals surface area contributed by atoms with Gasteiger partial charge in [-0.2, -0.15) is 0 Å². The van der Waals surface area contributed by atoms with Crippen molar-refractivity contribution in [3.05, 3.63) is 17.7 Å². The minimum absolute atomic E-state index is 0.0191. The highest BCUT2D eigenvalue weighted by Crippen LogP contribution is 2.47. The summed E-state index contributed by atoms with van der Waals surface area (Å²) >= 11 is 0. The number of carbonyl (C=O) groups excluding carboxylic acids is 3. The summed E-state index contributed by atoms with van der Waals surface area (Å²) in [6.07, 6.45) is 4.32. The number of likely N-dealkylation sites (tertiary alicyclic amines) is 1. The van der Waals surface area contributed by atoms with Crippen molar-refractivity contribution >= 4 is 23.8 Å². The molecule has 12 nitrogen and oxygen atoms in total. The van der Waals surface area contributed by atoms with Crippen LogP contribution in [0.3, 0.4) is 0 Å². The van der Waals surface area contributed by atoms with Gasteiger partial charge in [0.15, 0.2) is 11.5 Å². The molecule has 1 aromatic carbocycles. The highest BCUT2D eigenvalue weighted by atomic mass is 16.7. The third-order valence-electron chi connectivity index (χ3n) is 8.62. The first kappa shape index (κ1) is 31.4. The number of carboxylic acid groups (broad SMARTS) is 1. The largest absolute Gasteiger partial charge is 0.493 e. The van der Waals surface area contributed by atoms with Crippen molar-refractivity contribution < 1.29 is 38.5 Å². The van der Waals surface area contributed by atoms with Gasteiger partial charge in [0, 0.05) is 58.2 Å². The van der Waals surface area contributed by atoms with E-state index in [0.717, 1.165) is 36.1 Å². The highest BCUT2D eigenvalue weighted by Gasteiger charge is 2.48. The van der Waals surface area contributed by atoms with Crippen LogP contribution in [-0.2, 0) is 14.4 Å². The van der Waals surface area contributed by atoms with Crippen molar-refractivity contribution in [1.29, 1.82) is 0 Å². The molecule has 12 heteroatoms. The number of rotatable bonds is 14. The second-order valence-electron chi connectivity index (χ2n) is 11.3. The van der Waals surface area contributed by atoms with Gasteiger partial charge in [0.05, 0.1) is 19.6 Å². The van der Waals surface area contributed by atoms with Gasteiger partial charge in [0.1, 0.15) is 0 Å². The number of imide groups is 1. The highest BCUT2D eigenvalue weighted by molar-refractivity contribution is 5.96. The van der Waals surface area contributed by atoms with E-state index in [4.69, 9.17) is 14.2 Å². The minimum Gasteiger partial charge on any atom is -0.493 e. The molecule has 2 saturated heterocycles. The third-order valence-corrected chi connectivity index (χ3v) is 8.62. The quantitative estimate of drug-likeness (QED) is 0.349. The van der Waals surface area contributed by atoms with E-state index in [-0.39, 0.29) is 50.7 Å². The lowest BCUT2D eigenvalue weighted by Gasteiger charge is -2.34. The second-order valence-corrected chi connectivity index (χ2v) is 11.3. The summed E-state index contributed by atoms with van der Waals surface area (Å²) < 4.78 is 16.7. The van der Waals surface area contributed by atoms with Gasteiger partial charge in [0.2, 0.25) is 24.4 Å². The second kappa shape index (κ2) is 14.1. The Labute approximate surface area is 247 Å². The van der Waals surface area contributed by atoms with Crippen LogP contribution in [-0.4, -0.2) is 115 Å². The average Bonchev–Trinajstić information content (AvgIpc) is 3.60. The van der Waals surface area contributed by atoms with Crippen LogP contribution in [0.1, 0.15) is 63.9 Å². The Balaban J connectivity index is 1.63. The molecule has 3 heterocycles. The summed E-state index contributed by atoms with van der Waals surface area (Å²) in [7, 11) is 2.98. The van der Waals surface area contributed by atoms with E-state index in [0.29, 0.717) is 43.3 Å². The summed E-state index contributed by atoms with van der Waals surface area (Å²) in [5, 5.41) is 10.6. The van der Waals surface area contributed by atoms with Crippen LogP contribution >= 0.6 is 0 Å². The molecule has 0 radical (unpaired) electrons. The summed E-state index contributed by atoms with van der Waals surface area (Å²) in [4.78, 5) is 57.9. The first-order chi connectivity index (χ1) is 20.2. The monoisotopic (exact) mass is 588 g/mol. The number of benzene rings is 1. The predicted molar refractivity (Wildman–Crippen MR) is 154 cm³/mol. The molecule has 0 aromatic heterocycles. The fourth-order valence-electron chi connectivity index (χ4n) is 6.20. The van der Waals surface area contributed by atoms with Crippen LogP contribution in [0.4, 0.5) is 4.79 Å². The summed E-state index contributed by atoms with van der Waals surface area (Å²) in [6, 6.07) is 2.70. The van der Waals surface area contributed by atoms with E-state index in [1.165, 1.54) is 14.2 Å². The molecule has 3 atom stereocenters. The van der Waals surface area contributed by atoms with Crippen LogP contribution in [0.5, 0.6) is 17.2 Å². The molecular weight excluding hydrogens is 544 g/mol. The molecule has 42 heavy (non-hydrogen) atoms. The Morgan fingerprint density at radius 1 is 1.12 bits per heavy atom. The average molecular weight is 589 g/mol. The number of urea groups is 1. The third kappa shape index (κ3) is 6.74. The van der Waals surface area contributed by atoms with Crippen LogP contribution in [0.25, 0.3) is 0 Å². The maximum absolute atomic E-state index is 13.6. The van der Waals surface area contributed by atoms with Gasteiger partial charge in [-0.15, -0.1) is 0 Å². The standard InChI is InChI=1S/C30H44N4O8/c1-5-7-11-32(12-8-6-2)26(36)18-34-17-21(20-15-23(40-4)28-24(16-20)41-19-42-28)27(29(37)38)22(34)9-13-33-14-10-25(35)31(3)30(33)39/h15-16,21-22,27H,5-14,17-19H2,1-4H3,(H,37,38)/t21-,22+,27-/m1/s1. The van der Waals surface area contributed by atoms with E-state index in [2.05, 4.69) is 13.8 Å². The topological polar surface area (TPSA) is 129 Å². The summed E-state index contributed by atoms with van der Waals surface area (Å²) in [5.41, 5.74) is 0.733. The molecule has 0 aliphatic carbocycles. The Kier molecular flexibility index (Phi) is 10.5. The van der Waals surface area contributed by atoms with Crippen molar-refractivity contribution in [1.82, 2.24) is 19.6 Å². The number of ether oxygens (including phenoxy) is 3. The van der Waals surface area contributed by atoms with Crippen molar-refractivity contribution in [3.63, 3.8) is 0 Å². The zero-order valence-corrected chi connectivity index (χ0v) is 25.2. The number of aliphatic carboxylic acids is 1. The first-order valence-electron chi connectivity index (χ1n) is 15.0. The molecule has 0 bridgehead atoms. The molecule has 0 unspecified atom stereocenters. The van der Waals surface area contributed by atoms with Crippen molar-refractivity contribution in [2.45, 2.75) is 64.3 Å². The number of amides is 4. The molecule has 0 saturated carbocycles. The SMILES string of the molecule is CCCCN(CCCC)C(=O)CN1C[C@H](c2cc(OC)c3c(c2)OCO3)[C@@H](C(=O)O)[C@@H]1CCN1CCC(=O)N(C)C1=O. The van der Waals surface area contributed by atoms with Gasteiger partial charge >= 0.3 is 12.0 Å². The lowest BCUT2D eigenvalue weighted by Crippen LogP contribution is -2.52. The summed E-state index contributed by atoms with van der Waals surface area (Å²) in [5.74, 6) is -1.07. The van der Waals surface area contributed by atoms with Crippen molar-refractivity contribution in [2.75, 3.05) is 60.2 Å². The smallest absolute Gasteiger partial charge is 0.326 e. The Hall–Kier alpha value is -3.54. The fourth-order valence-corrected chi connectivity index (χ4v) is 6.20. The van der Waals surface area contributed by atoms with Gasteiger partial charge in [-0.25, -0.2) is 4.79 Å². The minimum atomic E-state index is -0.970. The van der Waals surface area contributed by atoms with Crippen LogP contribution in [0.2, 0.25) is 0 Å². The van der Waals surface area contributed by atoms with Crippen LogP contribution < -0.4 is 14.2 Å². The van der Waals surface area contributed by atoms with Crippen LogP contribution in [0.15, 0.2) is 12.1 Å². The number of unbranched alkanes of at least 4 members (excludes halogenated alkanes) is 2. The molecule has 1 aromatic rings. The van der Waals surface area contributed by atoms with Crippen molar-refractivity contribution in [3.8, 4) is 17.2 Å². The van der Waals surface area contributed by atoms with Gasteiger partial charge in [-0.3, -0.25) is 24.2 Å². The van der Waals surface area contributed by atoms with E-state index in [1.54, 1.807) is 17.0 Å². The number of nitrogens with zero attached hydrogens (tertiary/aromatic N) is 4. The van der Waals surface area contributed by atoms with Gasteiger partial charge in [-0.1, -0.05) is 26.7 Å². The van der Waals surface area contributed by atoms with E-state index < -0.39 is 23.8 Å². The van der Waals surface area contributed by atoms with Crippen molar-refractivity contribution in [2.24, 2.45) is 5.92 Å². The molecule has 232 valence electrons. The van der Waals surface area contributed by atoms with E-state index >= 15 is 0 Å². The lowest BCUT2D eigenvalue weighted by molar-refractivity contribution is -0.144. The molecule has 4 amide bonds. The molecule has 3 aliphatic heterocycles. The lowest BCUT2D eigenvalue weighted by atomic mass is 9.84. The Morgan fingerprint density at radius 3 is 2.48 bits per heavy atom. The maximum Gasteiger partial charge on any atom is 0.326 e. The number of carboxylic acids is 1. The van der Waals surface area contributed by atoms with E-state index in [9.17, 15) is 24.3 Å². The Bertz CT molecular complexity index is 1150.